The lowest BCUT2D eigenvalue weighted by atomic mass is 9.92. The van der Waals surface area contributed by atoms with Crippen molar-refractivity contribution in [2.45, 2.75) is 0 Å². The Bertz CT molecular complexity index is 3600. The van der Waals surface area contributed by atoms with E-state index in [1.54, 1.807) is 0 Å². The van der Waals surface area contributed by atoms with Crippen LogP contribution in [0.1, 0.15) is 0 Å². The number of hydrogen-bond acceptors (Lipinski definition) is 2. The Kier molecular flexibility index (Phi) is 7.89. The second-order valence-corrected chi connectivity index (χ2v) is 15.6. The van der Waals surface area contributed by atoms with Crippen LogP contribution in [-0.4, -0.2) is 0 Å². The van der Waals surface area contributed by atoms with Crippen LogP contribution < -0.4 is 4.90 Å². The van der Waals surface area contributed by atoms with E-state index >= 15 is 0 Å². The summed E-state index contributed by atoms with van der Waals surface area (Å²) in [6.07, 6.45) is 0. The van der Waals surface area contributed by atoms with Crippen molar-refractivity contribution in [3.63, 3.8) is 0 Å². The number of rotatable bonds is 6. The van der Waals surface area contributed by atoms with Crippen molar-refractivity contribution in [1.29, 1.82) is 0 Å². The second kappa shape index (κ2) is 13.9. The summed E-state index contributed by atoms with van der Waals surface area (Å²) in [5.74, 6) is 0. The molecule has 2 nitrogen and oxygen atoms in total. The predicted molar refractivity (Wildman–Crippen MR) is 255 cm³/mol. The summed E-state index contributed by atoms with van der Waals surface area (Å²) in [4.78, 5) is 2.36. The van der Waals surface area contributed by atoms with Crippen LogP contribution in [0.2, 0.25) is 0 Å². The first-order chi connectivity index (χ1) is 29.8. The van der Waals surface area contributed by atoms with Crippen LogP contribution in [0.4, 0.5) is 17.1 Å². The van der Waals surface area contributed by atoms with Crippen molar-refractivity contribution < 1.29 is 4.42 Å². The molecular weight excluding hydrogens is 727 g/mol. The molecule has 0 saturated carbocycles. The van der Waals surface area contributed by atoms with Crippen molar-refractivity contribution in [2.75, 3.05) is 4.90 Å². The lowest BCUT2D eigenvalue weighted by Gasteiger charge is -2.26. The summed E-state index contributed by atoms with van der Waals surface area (Å²) in [5.41, 5.74) is 12.0. The van der Waals surface area contributed by atoms with Crippen LogP contribution in [0, 0.1) is 0 Å². The fourth-order valence-corrected chi connectivity index (χ4v) is 9.43. The van der Waals surface area contributed by atoms with Gasteiger partial charge in [0.1, 0.15) is 5.58 Å². The minimum atomic E-state index is 0.858. The van der Waals surface area contributed by atoms with E-state index in [0.717, 1.165) is 55.3 Å². The maximum atomic E-state index is 6.99. The zero-order valence-electron chi connectivity index (χ0n) is 32.7. The fraction of sp³-hybridized carbons (Fsp3) is 0. The maximum absolute atomic E-state index is 6.99. The maximum Gasteiger partial charge on any atom is 0.159 e. The van der Waals surface area contributed by atoms with Gasteiger partial charge in [-0.1, -0.05) is 182 Å². The third kappa shape index (κ3) is 5.50. The number of benzene rings is 11. The zero-order valence-corrected chi connectivity index (χ0v) is 32.7. The molecule has 280 valence electrons. The van der Waals surface area contributed by atoms with E-state index < -0.39 is 0 Å². The van der Waals surface area contributed by atoms with E-state index in [1.165, 1.54) is 60.1 Å². The van der Waals surface area contributed by atoms with Crippen molar-refractivity contribution in [2.24, 2.45) is 0 Å². The number of para-hydroxylation sites is 1. The van der Waals surface area contributed by atoms with Crippen LogP contribution in [0.3, 0.4) is 0 Å². The molecule has 0 amide bonds. The Morgan fingerprint density at radius 3 is 1.57 bits per heavy atom. The Balaban J connectivity index is 1.05. The molecule has 0 fully saturated rings. The largest absolute Gasteiger partial charge is 0.453 e. The SMILES string of the molecule is c1ccc(-c2ccc(-c3ccc(N(c4cccc(-c5cc6ccccc6c6ccccc56)c4)c4cccc5c4oc4c6ccccc6ccc54)cc3)c3ccccc23)cc1. The summed E-state index contributed by atoms with van der Waals surface area (Å²) in [5, 5.41) is 12.0. The first kappa shape index (κ1) is 34.1. The van der Waals surface area contributed by atoms with Crippen LogP contribution in [0.5, 0.6) is 0 Å². The second-order valence-electron chi connectivity index (χ2n) is 15.6. The number of furan rings is 1. The minimum absolute atomic E-state index is 0.858. The summed E-state index contributed by atoms with van der Waals surface area (Å²) >= 11 is 0. The molecule has 0 bridgehead atoms. The lowest BCUT2D eigenvalue weighted by Crippen LogP contribution is -2.10. The molecule has 12 rings (SSSR count). The lowest BCUT2D eigenvalue weighted by molar-refractivity contribution is 0.673. The van der Waals surface area contributed by atoms with Crippen LogP contribution in [0.25, 0.3) is 98.4 Å². The van der Waals surface area contributed by atoms with Gasteiger partial charge < -0.3 is 9.32 Å². The van der Waals surface area contributed by atoms with E-state index in [0.29, 0.717) is 0 Å². The molecule has 0 radical (unpaired) electrons. The van der Waals surface area contributed by atoms with Gasteiger partial charge in [-0.25, -0.2) is 0 Å². The highest BCUT2D eigenvalue weighted by Crippen LogP contribution is 2.46. The van der Waals surface area contributed by atoms with Crippen LogP contribution >= 0.6 is 0 Å². The van der Waals surface area contributed by atoms with Gasteiger partial charge in [-0.2, -0.15) is 0 Å². The minimum Gasteiger partial charge on any atom is -0.453 e. The van der Waals surface area contributed by atoms with Gasteiger partial charge in [0.15, 0.2) is 5.58 Å². The van der Waals surface area contributed by atoms with E-state index in [-0.39, 0.29) is 0 Å². The van der Waals surface area contributed by atoms with Gasteiger partial charge in [-0.3, -0.25) is 0 Å². The fourth-order valence-electron chi connectivity index (χ4n) is 9.43. The highest BCUT2D eigenvalue weighted by Gasteiger charge is 2.21. The molecule has 0 aliphatic carbocycles. The molecule has 2 heteroatoms. The van der Waals surface area contributed by atoms with Gasteiger partial charge >= 0.3 is 0 Å². The highest BCUT2D eigenvalue weighted by molar-refractivity contribution is 6.18. The van der Waals surface area contributed by atoms with Gasteiger partial charge in [0, 0.05) is 27.5 Å². The Labute approximate surface area is 347 Å². The first-order valence-corrected chi connectivity index (χ1v) is 20.6. The Morgan fingerprint density at radius 1 is 0.267 bits per heavy atom. The van der Waals surface area contributed by atoms with Crippen molar-refractivity contribution in [3.05, 3.63) is 224 Å². The molecule has 0 atom stereocenters. The number of fused-ring (bicyclic) bond motifs is 9. The molecule has 0 aliphatic rings. The standard InChI is InChI=1S/C58H37NO/c1-2-14-38(15-3-1)46-34-35-47(51-24-9-8-23-50(46)51)40-28-31-43(32-29-40)59(56-27-13-26-53-54-33-30-39-16-4-7-21-48(39)57(54)60-58(53)56)44-19-12-18-41(36-44)55-37-42-17-5-6-20-45(42)49-22-10-11-25-52(49)55/h1-37H. The van der Waals surface area contributed by atoms with E-state index in [9.17, 15) is 0 Å². The van der Waals surface area contributed by atoms with Gasteiger partial charge in [-0.05, 0) is 114 Å². The van der Waals surface area contributed by atoms with E-state index in [2.05, 4.69) is 229 Å². The molecule has 1 aromatic heterocycles. The van der Waals surface area contributed by atoms with Crippen LogP contribution in [-0.2, 0) is 0 Å². The number of nitrogens with zero attached hydrogens (tertiary/aromatic N) is 1. The molecule has 0 saturated heterocycles. The monoisotopic (exact) mass is 763 g/mol. The molecule has 0 aliphatic heterocycles. The smallest absolute Gasteiger partial charge is 0.159 e. The van der Waals surface area contributed by atoms with Crippen molar-refractivity contribution in [3.8, 4) is 33.4 Å². The molecule has 0 N–H and O–H groups in total. The van der Waals surface area contributed by atoms with Crippen molar-refractivity contribution >= 4 is 82.1 Å². The topological polar surface area (TPSA) is 16.4 Å². The van der Waals surface area contributed by atoms with Crippen LogP contribution in [0.15, 0.2) is 229 Å². The average molecular weight is 764 g/mol. The molecule has 11 aromatic carbocycles. The third-order valence-corrected chi connectivity index (χ3v) is 12.2. The van der Waals surface area contributed by atoms with Gasteiger partial charge in [0.05, 0.1) is 5.69 Å². The normalized spacial score (nSPS) is 11.7. The molecule has 0 spiro atoms. The number of anilines is 3. The Hall–Kier alpha value is -7.94. The zero-order chi connectivity index (χ0) is 39.6. The van der Waals surface area contributed by atoms with E-state index in [4.69, 9.17) is 4.42 Å². The Morgan fingerprint density at radius 2 is 0.817 bits per heavy atom. The average Bonchev–Trinajstić information content (AvgIpc) is 3.72. The quantitative estimate of drug-likeness (QED) is 0.157. The summed E-state index contributed by atoms with van der Waals surface area (Å²) in [7, 11) is 0. The predicted octanol–water partition coefficient (Wildman–Crippen LogP) is 16.7. The summed E-state index contributed by atoms with van der Waals surface area (Å²) in [6.45, 7) is 0. The molecule has 60 heavy (non-hydrogen) atoms. The molecule has 12 aromatic rings. The van der Waals surface area contributed by atoms with Gasteiger partial charge in [-0.15, -0.1) is 0 Å². The highest BCUT2D eigenvalue weighted by atomic mass is 16.3. The van der Waals surface area contributed by atoms with E-state index in [1.807, 2.05) is 0 Å². The first-order valence-electron chi connectivity index (χ1n) is 20.6. The number of hydrogen-bond donors (Lipinski definition) is 0. The third-order valence-electron chi connectivity index (χ3n) is 12.2. The summed E-state index contributed by atoms with van der Waals surface area (Å²) < 4.78 is 6.99. The molecular formula is C58H37NO. The van der Waals surface area contributed by atoms with Gasteiger partial charge in [0.2, 0.25) is 0 Å². The summed E-state index contributed by atoms with van der Waals surface area (Å²) in [6, 6.07) is 81.2. The van der Waals surface area contributed by atoms with Crippen molar-refractivity contribution in [1.82, 2.24) is 0 Å². The van der Waals surface area contributed by atoms with Gasteiger partial charge in [0.25, 0.3) is 0 Å². The molecule has 0 unspecified atom stereocenters. The molecule has 1 heterocycles.